The van der Waals surface area contributed by atoms with Crippen LogP contribution in [0.3, 0.4) is 0 Å². The molecule has 13 heteroatoms. The van der Waals surface area contributed by atoms with Crippen LogP contribution < -0.4 is 10.2 Å². The zero-order valence-corrected chi connectivity index (χ0v) is 19.5. The summed E-state index contributed by atoms with van der Waals surface area (Å²) in [7, 11) is 0. The highest BCUT2D eigenvalue weighted by molar-refractivity contribution is 7.96. The van der Waals surface area contributed by atoms with Crippen LogP contribution in [-0.2, 0) is 4.74 Å². The molecule has 2 aliphatic heterocycles. The molecule has 2 fully saturated rings. The molecule has 0 spiro atoms. The Labute approximate surface area is 204 Å². The first-order valence-electron chi connectivity index (χ1n) is 10.5. The molecule has 0 aliphatic carbocycles. The second kappa shape index (κ2) is 9.97. The molecule has 0 bridgehead atoms. The number of cyclic esters (lactones) is 1. The lowest BCUT2D eigenvalue weighted by Crippen LogP contribution is -2.37. The number of thiol groups is 1. The maximum atomic E-state index is 15.0. The minimum atomic E-state index is -0.618. The number of nitro groups is 1. The first kappa shape index (κ1) is 24.0. The summed E-state index contributed by atoms with van der Waals surface area (Å²) in [5.41, 5.74) is 0.929. The SMILES string of the molecule is O=C(S)NC[C@H]1CN(c2ccc(C3CCN(C(=S)c4ccc([N+](=O)[O-])o4)CC3)c(F)c2)C(=O)O1. The number of nitrogens with one attached hydrogen (secondary N) is 1. The van der Waals surface area contributed by atoms with Crippen LogP contribution in [0.4, 0.5) is 25.6 Å². The van der Waals surface area contributed by atoms with Crippen molar-refractivity contribution in [3.8, 4) is 0 Å². The molecule has 34 heavy (non-hydrogen) atoms. The van der Waals surface area contributed by atoms with Crippen molar-refractivity contribution in [1.82, 2.24) is 10.2 Å². The predicted octanol–water partition coefficient (Wildman–Crippen LogP) is 3.85. The Bertz CT molecular complexity index is 1130. The summed E-state index contributed by atoms with van der Waals surface area (Å²) in [6, 6.07) is 7.41. The van der Waals surface area contributed by atoms with E-state index in [1.54, 1.807) is 12.1 Å². The van der Waals surface area contributed by atoms with E-state index < -0.39 is 28.2 Å². The number of halogens is 1. The molecular formula is C21H21FN4O6S2. The van der Waals surface area contributed by atoms with Crippen molar-refractivity contribution >= 4 is 52.7 Å². The van der Waals surface area contributed by atoms with Gasteiger partial charge in [0.2, 0.25) is 0 Å². The summed E-state index contributed by atoms with van der Waals surface area (Å²) in [4.78, 5) is 36.9. The summed E-state index contributed by atoms with van der Waals surface area (Å²) >= 11 is 9.02. The van der Waals surface area contributed by atoms with Gasteiger partial charge in [-0.1, -0.05) is 30.9 Å². The number of anilines is 1. The van der Waals surface area contributed by atoms with Gasteiger partial charge in [-0.3, -0.25) is 19.8 Å². The summed E-state index contributed by atoms with van der Waals surface area (Å²) in [5, 5.41) is 12.8. The molecule has 2 amide bonds. The first-order chi connectivity index (χ1) is 16.2. The average molecular weight is 509 g/mol. The van der Waals surface area contributed by atoms with Crippen LogP contribution in [0.25, 0.3) is 0 Å². The van der Waals surface area contributed by atoms with Crippen LogP contribution >= 0.6 is 24.8 Å². The van der Waals surface area contributed by atoms with Crippen molar-refractivity contribution < 1.29 is 28.1 Å². The van der Waals surface area contributed by atoms with Crippen LogP contribution in [0.2, 0.25) is 0 Å². The normalized spacial score (nSPS) is 18.6. The average Bonchev–Trinajstić information content (AvgIpc) is 3.44. The van der Waals surface area contributed by atoms with E-state index in [9.17, 15) is 19.7 Å². The van der Waals surface area contributed by atoms with Crippen molar-refractivity contribution in [3.63, 3.8) is 0 Å². The zero-order chi connectivity index (χ0) is 24.4. The molecule has 1 N–H and O–H groups in total. The Kier molecular flexibility index (Phi) is 7.03. The molecule has 1 atom stereocenters. The number of piperidine rings is 1. The summed E-state index contributed by atoms with van der Waals surface area (Å²) < 4.78 is 25.4. The first-order valence-corrected chi connectivity index (χ1v) is 11.4. The molecule has 3 heterocycles. The number of amides is 2. The summed E-state index contributed by atoms with van der Waals surface area (Å²) in [6.07, 6.45) is 0.119. The largest absolute Gasteiger partial charge is 0.442 e. The molecular weight excluding hydrogens is 487 g/mol. The van der Waals surface area contributed by atoms with Gasteiger partial charge < -0.3 is 19.4 Å². The summed E-state index contributed by atoms with van der Waals surface area (Å²) in [6.45, 7) is 1.41. The van der Waals surface area contributed by atoms with Gasteiger partial charge in [0, 0.05) is 13.1 Å². The van der Waals surface area contributed by atoms with E-state index in [1.165, 1.54) is 23.1 Å². The van der Waals surface area contributed by atoms with Crippen molar-refractivity contribution in [3.05, 3.63) is 57.6 Å². The van der Waals surface area contributed by atoms with Crippen LogP contribution in [-0.4, -0.2) is 58.4 Å². The Morgan fingerprint density at radius 1 is 1.29 bits per heavy atom. The molecule has 0 saturated carbocycles. The van der Waals surface area contributed by atoms with Gasteiger partial charge in [0.05, 0.1) is 24.8 Å². The fourth-order valence-electron chi connectivity index (χ4n) is 4.15. The third-order valence-corrected chi connectivity index (χ3v) is 6.47. The predicted molar refractivity (Wildman–Crippen MR) is 127 cm³/mol. The van der Waals surface area contributed by atoms with Crippen LogP contribution in [0.1, 0.15) is 30.1 Å². The number of benzene rings is 1. The van der Waals surface area contributed by atoms with Crippen molar-refractivity contribution in [2.75, 3.05) is 31.1 Å². The van der Waals surface area contributed by atoms with E-state index in [2.05, 4.69) is 17.9 Å². The Balaban J connectivity index is 1.36. The topological polar surface area (TPSA) is 118 Å². The van der Waals surface area contributed by atoms with Gasteiger partial charge in [-0.05, 0) is 42.5 Å². The molecule has 0 radical (unpaired) electrons. The highest BCUT2D eigenvalue weighted by Gasteiger charge is 2.33. The minimum absolute atomic E-state index is 0.0390. The van der Waals surface area contributed by atoms with E-state index >= 15 is 4.39 Å². The Morgan fingerprint density at radius 3 is 2.65 bits per heavy atom. The molecule has 2 aliphatic rings. The standard InChI is InChI=1S/C21H21FN4O6S2/c22-16-9-13(25-11-14(31-21(25)28)10-23-20(27)34)1-2-15(16)12-5-7-24(8-6-12)19(33)17-3-4-18(32-17)26(29)30/h1-4,9,12,14H,5-8,10-11H2,(H2,23,27,34)/t14-/m0/s1. The zero-order valence-electron chi connectivity index (χ0n) is 17.8. The number of nitrogens with zero attached hydrogens (tertiary/aromatic N) is 3. The quantitative estimate of drug-likeness (QED) is 0.262. The number of furan rings is 1. The molecule has 180 valence electrons. The number of likely N-dealkylation sites (tertiary alicyclic amines) is 1. The van der Waals surface area contributed by atoms with Crippen LogP contribution in [0, 0.1) is 15.9 Å². The Hall–Kier alpha value is -3.19. The van der Waals surface area contributed by atoms with E-state index in [0.29, 0.717) is 42.2 Å². The maximum absolute atomic E-state index is 15.0. The van der Waals surface area contributed by atoms with Crippen molar-refractivity contribution in [2.45, 2.75) is 24.9 Å². The lowest BCUT2D eigenvalue weighted by atomic mass is 9.89. The fraction of sp³-hybridized carbons (Fsp3) is 0.381. The number of thiocarbonyl (C=S) groups is 1. The Morgan fingerprint density at radius 2 is 2.03 bits per heavy atom. The van der Waals surface area contributed by atoms with Crippen LogP contribution in [0.15, 0.2) is 34.7 Å². The molecule has 4 rings (SSSR count). The molecule has 2 aromatic rings. The number of carbonyl (C=O) groups excluding carboxylic acids is 2. The van der Waals surface area contributed by atoms with E-state index in [-0.39, 0.29) is 30.7 Å². The highest BCUT2D eigenvalue weighted by Crippen LogP contribution is 2.33. The highest BCUT2D eigenvalue weighted by atomic mass is 32.1. The second-order valence-corrected chi connectivity index (χ2v) is 8.76. The third-order valence-electron chi connectivity index (χ3n) is 5.86. The van der Waals surface area contributed by atoms with Gasteiger partial charge in [-0.15, -0.1) is 0 Å². The summed E-state index contributed by atoms with van der Waals surface area (Å²) in [5.74, 6) is -0.558. The van der Waals surface area contributed by atoms with Gasteiger partial charge in [-0.2, -0.15) is 0 Å². The van der Waals surface area contributed by atoms with Gasteiger partial charge >= 0.3 is 12.0 Å². The lowest BCUT2D eigenvalue weighted by Gasteiger charge is -2.33. The van der Waals surface area contributed by atoms with Gasteiger partial charge in [0.25, 0.3) is 5.24 Å². The second-order valence-electron chi connectivity index (χ2n) is 7.97. The number of carbonyl (C=O) groups is 2. The molecule has 0 unspecified atom stereocenters. The van der Waals surface area contributed by atoms with Crippen molar-refractivity contribution in [1.29, 1.82) is 0 Å². The smallest absolute Gasteiger partial charge is 0.433 e. The van der Waals surface area contributed by atoms with Gasteiger partial charge in [0.1, 0.15) is 21.8 Å². The molecule has 1 aromatic carbocycles. The van der Waals surface area contributed by atoms with E-state index in [0.717, 1.165) is 0 Å². The maximum Gasteiger partial charge on any atom is 0.433 e. The number of ether oxygens (including phenoxy) is 1. The van der Waals surface area contributed by atoms with Gasteiger partial charge in [-0.25, -0.2) is 9.18 Å². The number of rotatable bonds is 6. The number of hydrogen-bond donors (Lipinski definition) is 2. The van der Waals surface area contributed by atoms with Crippen molar-refractivity contribution in [2.24, 2.45) is 0 Å². The minimum Gasteiger partial charge on any atom is -0.442 e. The van der Waals surface area contributed by atoms with Gasteiger partial charge in [0.15, 0.2) is 5.76 Å². The molecule has 2 saturated heterocycles. The number of hydrogen-bond acceptors (Lipinski definition) is 7. The lowest BCUT2D eigenvalue weighted by molar-refractivity contribution is -0.402. The third kappa shape index (κ3) is 5.14. The fourth-order valence-corrected chi connectivity index (χ4v) is 4.53. The molecule has 1 aromatic heterocycles. The van der Waals surface area contributed by atoms with Crippen LogP contribution in [0.5, 0.6) is 0 Å². The van der Waals surface area contributed by atoms with E-state index in [1.807, 2.05) is 4.90 Å². The molecule has 10 nitrogen and oxygen atoms in total. The van der Waals surface area contributed by atoms with E-state index in [4.69, 9.17) is 21.4 Å². The monoisotopic (exact) mass is 508 g/mol.